The first-order valence-corrected chi connectivity index (χ1v) is 9.38. The van der Waals surface area contributed by atoms with Gasteiger partial charge in [-0.1, -0.05) is 96.8 Å². The Kier molecular flexibility index (Phi) is 27.4. The van der Waals surface area contributed by atoms with Crippen molar-refractivity contribution in [3.8, 4) is 0 Å². The van der Waals surface area contributed by atoms with Crippen molar-refractivity contribution in [1.82, 2.24) is 0 Å². The molecule has 0 saturated heterocycles. The van der Waals surface area contributed by atoms with Crippen molar-refractivity contribution in [2.45, 2.75) is 103 Å². The first-order valence-electron chi connectivity index (χ1n) is 8.49. The summed E-state index contributed by atoms with van der Waals surface area (Å²) in [6, 6.07) is 0. The van der Waals surface area contributed by atoms with Crippen molar-refractivity contribution in [2.75, 3.05) is 0 Å². The third-order valence-corrected chi connectivity index (χ3v) is 3.60. The van der Waals surface area contributed by atoms with Crippen LogP contribution in [0.15, 0.2) is 0 Å². The molecule has 0 aliphatic rings. The standard InChI is InChI=1S/C17H35.Co.H2O.O/c1-3-5-7-9-11-13-15-17-16-14-12-10-8-6-4-2;;;/h1,3-17H2,2H3;;1H2;/q-1;+1;;/p-1. The van der Waals surface area contributed by atoms with Crippen LogP contribution < -0.4 is 0 Å². The van der Waals surface area contributed by atoms with E-state index in [9.17, 15) is 0 Å². The predicted octanol–water partition coefficient (Wildman–Crippen LogP) is 6.01. The summed E-state index contributed by atoms with van der Waals surface area (Å²) in [5.74, 6) is 0. The average Bonchev–Trinajstić information content (AvgIpc) is 2.45. The second kappa shape index (κ2) is 24.3. The van der Waals surface area contributed by atoms with E-state index in [1.165, 1.54) is 89.9 Å². The minimum atomic E-state index is -0.812. The molecule has 0 heterocycles. The Morgan fingerprint density at radius 1 is 0.700 bits per heavy atom. The number of unbranched alkanes of at least 4 members (excludes halogenated alkanes) is 14. The fraction of sp³-hybridized carbons (Fsp3) is 0.941. The van der Waals surface area contributed by atoms with Gasteiger partial charge in [0.1, 0.15) is 0 Å². The zero-order chi connectivity index (χ0) is 15.3. The number of hydrogen-bond acceptors (Lipinski definition) is 1. The predicted molar refractivity (Wildman–Crippen MR) is 83.2 cm³/mol. The molecule has 0 bridgehead atoms. The molecule has 0 fully saturated rings. The van der Waals surface area contributed by atoms with Crippen LogP contribution >= 0.6 is 0 Å². The summed E-state index contributed by atoms with van der Waals surface area (Å²) >= 11 is -0.812. The monoisotopic (exact) mass is 331 g/mol. The molecular weight excluding hydrogens is 295 g/mol. The summed E-state index contributed by atoms with van der Waals surface area (Å²) < 4.78 is 15.4. The van der Waals surface area contributed by atoms with E-state index in [2.05, 4.69) is 13.8 Å². The van der Waals surface area contributed by atoms with Crippen LogP contribution in [0.25, 0.3) is 0 Å². The van der Waals surface area contributed by atoms with E-state index < -0.39 is 15.0 Å². The topological polar surface area (TPSA) is 37.3 Å². The van der Waals surface area contributed by atoms with E-state index >= 15 is 0 Å². The molecule has 0 atom stereocenters. The third-order valence-electron chi connectivity index (χ3n) is 3.60. The molecule has 0 aromatic carbocycles. The van der Waals surface area contributed by atoms with Crippen molar-refractivity contribution in [3.63, 3.8) is 0 Å². The van der Waals surface area contributed by atoms with Crippen molar-refractivity contribution in [1.29, 1.82) is 0 Å². The second-order valence-electron chi connectivity index (χ2n) is 5.51. The van der Waals surface area contributed by atoms with Crippen LogP contribution in [0.4, 0.5) is 0 Å². The molecule has 3 heteroatoms. The van der Waals surface area contributed by atoms with Gasteiger partial charge in [-0.05, 0) is 0 Å². The van der Waals surface area contributed by atoms with E-state index in [0.717, 1.165) is 6.42 Å². The van der Waals surface area contributed by atoms with Gasteiger partial charge in [0.15, 0.2) is 0 Å². The van der Waals surface area contributed by atoms with E-state index in [0.29, 0.717) is 0 Å². The molecule has 0 amide bonds. The van der Waals surface area contributed by atoms with Crippen LogP contribution in [-0.4, -0.2) is 4.22 Å². The molecule has 0 aliphatic carbocycles. The molecule has 1 N–H and O–H groups in total. The molecule has 0 aliphatic heterocycles. The molecule has 2 nitrogen and oxygen atoms in total. The Bertz CT molecular complexity index is 149. The molecule has 0 aromatic heterocycles. The van der Waals surface area contributed by atoms with Gasteiger partial charge in [-0.15, -0.1) is 0 Å². The molecule has 0 radical (unpaired) electrons. The van der Waals surface area contributed by atoms with Crippen molar-refractivity contribution < 1.29 is 23.0 Å². The molecule has 0 spiro atoms. The van der Waals surface area contributed by atoms with Gasteiger partial charge < -0.3 is 6.92 Å². The van der Waals surface area contributed by atoms with Crippen LogP contribution in [-0.2, 0) is 18.8 Å². The zero-order valence-electron chi connectivity index (χ0n) is 13.5. The average molecular weight is 331 g/mol. The Labute approximate surface area is 133 Å². The number of hydrogen-bond donors (Lipinski definition) is 1. The van der Waals surface area contributed by atoms with E-state index in [1.54, 1.807) is 0 Å². The van der Waals surface area contributed by atoms with E-state index in [1.807, 2.05) is 0 Å². The van der Waals surface area contributed by atoms with Crippen molar-refractivity contribution in [2.24, 2.45) is 0 Å². The summed E-state index contributed by atoms with van der Waals surface area (Å²) in [6.45, 7) is 6.17. The molecular formula is C17H36CoO2-. The van der Waals surface area contributed by atoms with Crippen LogP contribution in [0, 0.1) is 6.92 Å². The Morgan fingerprint density at radius 3 is 1.20 bits per heavy atom. The second-order valence-corrected chi connectivity index (χ2v) is 5.70. The Balaban J connectivity index is 0. The van der Waals surface area contributed by atoms with Gasteiger partial charge in [0.05, 0.1) is 0 Å². The zero-order valence-corrected chi connectivity index (χ0v) is 14.5. The summed E-state index contributed by atoms with van der Waals surface area (Å²) in [5, 5.41) is 0. The van der Waals surface area contributed by atoms with Crippen LogP contribution in [0.3, 0.4) is 0 Å². The van der Waals surface area contributed by atoms with Gasteiger partial charge in [-0.3, -0.25) is 0 Å². The van der Waals surface area contributed by atoms with Crippen LogP contribution in [0.1, 0.15) is 103 Å². The third kappa shape index (κ3) is 26.8. The SMILES string of the molecule is [CH2-]CCCCCCCCCCCCCCCC.[O]=[Co][OH]. The fourth-order valence-corrected chi connectivity index (χ4v) is 2.37. The number of rotatable bonds is 14. The first-order chi connectivity index (χ1) is 9.83. The minimum absolute atomic E-state index is 0.812. The molecule has 0 aromatic rings. The van der Waals surface area contributed by atoms with E-state index in [4.69, 9.17) is 8.08 Å². The Hall–Kier alpha value is 0.266. The van der Waals surface area contributed by atoms with Crippen molar-refractivity contribution >= 4 is 0 Å². The van der Waals surface area contributed by atoms with Crippen LogP contribution in [0.5, 0.6) is 0 Å². The first kappa shape index (κ1) is 22.5. The quantitative estimate of drug-likeness (QED) is 0.312. The summed E-state index contributed by atoms with van der Waals surface area (Å²) in [5.41, 5.74) is 0. The van der Waals surface area contributed by atoms with Gasteiger partial charge in [-0.2, -0.15) is 6.42 Å². The molecule has 0 rings (SSSR count). The van der Waals surface area contributed by atoms with Gasteiger partial charge in [0.2, 0.25) is 0 Å². The molecule has 20 heavy (non-hydrogen) atoms. The normalized spacial score (nSPS) is 10.3. The maximum atomic E-state index is 8.45. The molecule has 126 valence electrons. The van der Waals surface area contributed by atoms with Crippen molar-refractivity contribution in [3.05, 3.63) is 6.92 Å². The van der Waals surface area contributed by atoms with Gasteiger partial charge in [-0.25, -0.2) is 0 Å². The maximum absolute atomic E-state index is 8.45. The van der Waals surface area contributed by atoms with Gasteiger partial charge in [0, 0.05) is 0 Å². The Morgan fingerprint density at radius 2 is 0.950 bits per heavy atom. The van der Waals surface area contributed by atoms with Gasteiger partial charge >= 0.3 is 23.0 Å². The van der Waals surface area contributed by atoms with E-state index in [-0.39, 0.29) is 0 Å². The molecule has 0 unspecified atom stereocenters. The summed E-state index contributed by atoms with van der Waals surface area (Å²) in [4.78, 5) is 0. The molecule has 0 saturated carbocycles. The summed E-state index contributed by atoms with van der Waals surface area (Å²) in [6.07, 6.45) is 21.3. The fourth-order valence-electron chi connectivity index (χ4n) is 2.37. The summed E-state index contributed by atoms with van der Waals surface area (Å²) in [7, 11) is 0. The van der Waals surface area contributed by atoms with Gasteiger partial charge in [0.25, 0.3) is 0 Å². The van der Waals surface area contributed by atoms with Crippen LogP contribution in [0.2, 0.25) is 0 Å².